The van der Waals surface area contributed by atoms with Crippen LogP contribution in [0.2, 0.25) is 0 Å². The summed E-state index contributed by atoms with van der Waals surface area (Å²) < 4.78 is 47.7. The van der Waals surface area contributed by atoms with E-state index >= 15 is 0 Å². The van der Waals surface area contributed by atoms with Gasteiger partial charge >= 0.3 is 0 Å². The van der Waals surface area contributed by atoms with Gasteiger partial charge in [-0.05, 0) is 78.3 Å². The molecule has 0 saturated heterocycles. The number of aromatic nitrogens is 8. The first-order chi connectivity index (χ1) is 29.2. The van der Waals surface area contributed by atoms with Gasteiger partial charge in [0.05, 0.1) is 32.6 Å². The number of aromatic amines is 2. The van der Waals surface area contributed by atoms with E-state index in [-0.39, 0.29) is 6.04 Å². The molecule has 8 heterocycles. The zero-order valence-electron chi connectivity index (χ0n) is 33.8. The molecule has 0 bridgehead atoms. The van der Waals surface area contributed by atoms with Crippen molar-refractivity contribution < 1.29 is 16.8 Å². The van der Waals surface area contributed by atoms with Crippen molar-refractivity contribution in [3.63, 3.8) is 0 Å². The first-order valence-electron chi connectivity index (χ1n) is 19.5. The Balaban J connectivity index is 0.000000143. The molecule has 14 nitrogen and oxygen atoms in total. The molecule has 0 amide bonds. The molecule has 0 fully saturated rings. The smallest absolute Gasteiger partial charge is 0.175 e. The number of nitrogens with zero attached hydrogens (tertiary/aromatic N) is 7. The van der Waals surface area contributed by atoms with Crippen LogP contribution in [0.3, 0.4) is 0 Å². The van der Waals surface area contributed by atoms with Crippen molar-refractivity contribution in [1.29, 1.82) is 0 Å². The molecule has 17 heteroatoms. The molecule has 2 atom stereocenters. The van der Waals surface area contributed by atoms with Crippen molar-refractivity contribution in [3.05, 3.63) is 137 Å². The second kappa shape index (κ2) is 17.2. The Kier molecular flexibility index (Phi) is 11.8. The highest BCUT2D eigenvalue weighted by atomic mass is 79.9. The summed E-state index contributed by atoms with van der Waals surface area (Å²) in [5.74, 6) is 0. The summed E-state index contributed by atoms with van der Waals surface area (Å²) in [6.07, 6.45) is 14.7. The quantitative estimate of drug-likeness (QED) is 0.157. The SMILES string of the molecule is Brc1ccnc2[nH]ccc12.CC1Cc2ncnc(-c3ccc(S(C)(=O)=O)cc3)c2CN1.CC1Cc2ncnc(-c3ccc(S(C)(=O)=O)cc3)c2CN1c1ccnc2[nH]ccc12. The largest absolute Gasteiger partial charge is 0.363 e. The van der Waals surface area contributed by atoms with Crippen LogP contribution in [0.4, 0.5) is 5.69 Å². The van der Waals surface area contributed by atoms with Crippen molar-refractivity contribution in [1.82, 2.24) is 45.2 Å². The Morgan fingerprint density at radius 3 is 1.72 bits per heavy atom. The molecule has 0 aliphatic carbocycles. The van der Waals surface area contributed by atoms with Gasteiger partial charge < -0.3 is 20.2 Å². The minimum atomic E-state index is -3.24. The predicted molar refractivity (Wildman–Crippen MR) is 240 cm³/mol. The molecular formula is C44H43BrN10O4S2. The molecule has 61 heavy (non-hydrogen) atoms. The van der Waals surface area contributed by atoms with Crippen LogP contribution in [0.15, 0.2) is 125 Å². The second-order valence-electron chi connectivity index (χ2n) is 15.2. The van der Waals surface area contributed by atoms with E-state index in [0.29, 0.717) is 22.4 Å². The second-order valence-corrected chi connectivity index (χ2v) is 20.0. The number of hydrogen-bond donors (Lipinski definition) is 3. The van der Waals surface area contributed by atoms with E-state index in [4.69, 9.17) is 0 Å². The van der Waals surface area contributed by atoms with Crippen LogP contribution in [0.25, 0.3) is 44.6 Å². The van der Waals surface area contributed by atoms with Gasteiger partial charge in [0, 0.05) is 119 Å². The van der Waals surface area contributed by atoms with Crippen LogP contribution >= 0.6 is 15.9 Å². The summed E-state index contributed by atoms with van der Waals surface area (Å²) in [5.41, 5.74) is 10.7. The predicted octanol–water partition coefficient (Wildman–Crippen LogP) is 7.28. The topological polar surface area (TPSA) is 192 Å². The number of rotatable bonds is 5. The lowest BCUT2D eigenvalue weighted by molar-refractivity contribution is 0.504. The molecule has 2 aliphatic rings. The number of hydrogen-bond acceptors (Lipinski definition) is 12. The number of H-pyrrole nitrogens is 2. The third kappa shape index (κ3) is 9.10. The number of pyridine rings is 2. The van der Waals surface area contributed by atoms with E-state index < -0.39 is 19.7 Å². The maximum Gasteiger partial charge on any atom is 0.175 e. The highest BCUT2D eigenvalue weighted by Gasteiger charge is 2.28. The van der Waals surface area contributed by atoms with Crippen LogP contribution in [0, 0.1) is 0 Å². The first-order valence-corrected chi connectivity index (χ1v) is 24.1. The molecule has 0 radical (unpaired) electrons. The number of sulfone groups is 2. The van der Waals surface area contributed by atoms with Gasteiger partial charge in [0.25, 0.3) is 0 Å². The summed E-state index contributed by atoms with van der Waals surface area (Å²) in [6, 6.07) is 22.4. The first kappa shape index (κ1) is 41.8. The fraction of sp³-hybridized carbons (Fsp3) is 0.227. The number of anilines is 1. The zero-order chi connectivity index (χ0) is 42.9. The number of halogens is 1. The molecular weight excluding hydrogens is 877 g/mol. The fourth-order valence-electron chi connectivity index (χ4n) is 7.62. The Morgan fingerprint density at radius 1 is 0.623 bits per heavy atom. The monoisotopic (exact) mass is 918 g/mol. The normalized spacial score (nSPS) is 16.2. The van der Waals surface area contributed by atoms with Gasteiger partial charge in [-0.2, -0.15) is 0 Å². The Morgan fingerprint density at radius 2 is 1.15 bits per heavy atom. The van der Waals surface area contributed by atoms with Gasteiger partial charge in [-0.3, -0.25) is 0 Å². The summed E-state index contributed by atoms with van der Waals surface area (Å²) >= 11 is 3.42. The fourth-order valence-corrected chi connectivity index (χ4v) is 9.32. The van der Waals surface area contributed by atoms with Gasteiger partial charge in [0.2, 0.25) is 0 Å². The van der Waals surface area contributed by atoms with Gasteiger partial charge in [0.1, 0.15) is 23.9 Å². The molecule has 2 aromatic carbocycles. The highest BCUT2D eigenvalue weighted by Crippen LogP contribution is 2.35. The van der Waals surface area contributed by atoms with E-state index in [0.717, 1.165) is 96.6 Å². The molecule has 10 rings (SSSR count). The van der Waals surface area contributed by atoms with Crippen molar-refractivity contribution in [2.24, 2.45) is 0 Å². The zero-order valence-corrected chi connectivity index (χ0v) is 37.1. The summed E-state index contributed by atoms with van der Waals surface area (Å²) in [7, 11) is -6.41. The molecule has 3 N–H and O–H groups in total. The van der Waals surface area contributed by atoms with Crippen molar-refractivity contribution in [2.45, 2.75) is 61.7 Å². The molecule has 6 aromatic heterocycles. The van der Waals surface area contributed by atoms with Crippen LogP contribution in [0.5, 0.6) is 0 Å². The van der Waals surface area contributed by atoms with Gasteiger partial charge in [-0.15, -0.1) is 0 Å². The van der Waals surface area contributed by atoms with Gasteiger partial charge in [-0.1, -0.05) is 24.3 Å². The molecule has 0 spiro atoms. The van der Waals surface area contributed by atoms with E-state index in [9.17, 15) is 16.8 Å². The standard InChI is InChI=1S/C22H21N5O2S.C15H17N3O2S.C7H5BrN2/c1-14-11-19-18(12-27(14)20-8-10-24-22-17(20)7-9-23-22)21(26-13-25-19)15-3-5-16(6-4-15)30(2,28)29;1-10-7-14-13(8-16-10)15(18-9-17-14)11-3-5-12(6-4-11)21(2,19)20;8-6-2-4-10-7-5(6)1-3-9-7/h3-10,13-14H,11-12H2,1-2H3,(H,23,24);3-6,9-10,16H,7-8H2,1-2H3;1-4H,(H,9,10). The lowest BCUT2D eigenvalue weighted by atomic mass is 9.95. The minimum absolute atomic E-state index is 0.272. The number of benzene rings is 2. The van der Waals surface area contributed by atoms with Crippen LogP contribution < -0.4 is 10.2 Å². The average Bonchev–Trinajstić information content (AvgIpc) is 3.94. The van der Waals surface area contributed by atoms with Crippen molar-refractivity contribution in [2.75, 3.05) is 17.4 Å². The van der Waals surface area contributed by atoms with Crippen molar-refractivity contribution >= 4 is 63.4 Å². The lowest BCUT2D eigenvalue weighted by Gasteiger charge is -2.37. The highest BCUT2D eigenvalue weighted by molar-refractivity contribution is 9.10. The minimum Gasteiger partial charge on any atom is -0.363 e. The molecule has 312 valence electrons. The van der Waals surface area contributed by atoms with Gasteiger partial charge in [-0.25, -0.2) is 46.7 Å². The van der Waals surface area contributed by atoms with Gasteiger partial charge in [0.15, 0.2) is 19.7 Å². The lowest BCUT2D eigenvalue weighted by Crippen LogP contribution is -2.39. The van der Waals surface area contributed by atoms with E-state index in [2.05, 4.69) is 79.9 Å². The van der Waals surface area contributed by atoms with Crippen LogP contribution in [-0.4, -0.2) is 81.3 Å². The molecule has 0 saturated carbocycles. The Hall–Kier alpha value is -5.88. The molecule has 8 aromatic rings. The molecule has 2 aliphatic heterocycles. The maximum atomic E-state index is 11.8. The van der Waals surface area contributed by atoms with Crippen LogP contribution in [-0.2, 0) is 45.6 Å². The maximum absolute atomic E-state index is 11.8. The summed E-state index contributed by atoms with van der Waals surface area (Å²) in [5, 5.41) is 5.62. The third-order valence-electron chi connectivity index (χ3n) is 10.8. The summed E-state index contributed by atoms with van der Waals surface area (Å²) in [4.78, 5) is 35.5. The van der Waals surface area contributed by atoms with Crippen LogP contribution in [0.1, 0.15) is 36.4 Å². The summed E-state index contributed by atoms with van der Waals surface area (Å²) in [6.45, 7) is 5.74. The average molecular weight is 920 g/mol. The molecule has 2 unspecified atom stereocenters. The Labute approximate surface area is 362 Å². The van der Waals surface area contributed by atoms with E-state index in [1.54, 1.807) is 55.2 Å². The number of fused-ring (bicyclic) bond motifs is 4. The van der Waals surface area contributed by atoms with E-state index in [1.807, 2.05) is 55.0 Å². The van der Waals surface area contributed by atoms with E-state index in [1.165, 1.54) is 12.5 Å². The third-order valence-corrected chi connectivity index (χ3v) is 13.8. The Bertz CT molecular complexity index is 3080. The van der Waals surface area contributed by atoms with Crippen molar-refractivity contribution in [3.8, 4) is 22.5 Å². The number of nitrogens with one attached hydrogen (secondary N) is 3.